The van der Waals surface area contributed by atoms with Crippen molar-refractivity contribution in [3.8, 4) is 0 Å². The van der Waals surface area contributed by atoms with E-state index in [1.807, 2.05) is 19.1 Å². The van der Waals surface area contributed by atoms with Crippen molar-refractivity contribution in [1.82, 2.24) is 10.2 Å². The molecule has 0 radical (unpaired) electrons. The molecule has 0 aliphatic carbocycles. The fourth-order valence-electron chi connectivity index (χ4n) is 3.54. The first kappa shape index (κ1) is 17.3. The molecule has 0 spiro atoms. The van der Waals surface area contributed by atoms with Gasteiger partial charge in [0.05, 0.1) is 18.5 Å². The number of benzene rings is 1. The zero-order valence-corrected chi connectivity index (χ0v) is 15.0. The maximum atomic E-state index is 14.8. The third-order valence-electron chi connectivity index (χ3n) is 5.12. The second-order valence-electron chi connectivity index (χ2n) is 6.80. The third kappa shape index (κ3) is 3.20. The fourth-order valence-corrected chi connectivity index (χ4v) is 3.54. The fraction of sp³-hybridized carbons (Fsp3) is 0.300. The number of carbonyl (C=O) groups is 2. The van der Waals surface area contributed by atoms with Crippen molar-refractivity contribution in [1.29, 1.82) is 0 Å². The van der Waals surface area contributed by atoms with E-state index in [0.29, 0.717) is 37.2 Å². The molecule has 4 rings (SSSR count). The van der Waals surface area contributed by atoms with Crippen molar-refractivity contribution >= 4 is 23.2 Å². The minimum absolute atomic E-state index is 0.0965. The van der Waals surface area contributed by atoms with E-state index in [4.69, 9.17) is 4.42 Å². The highest BCUT2D eigenvalue weighted by molar-refractivity contribution is 5.98. The van der Waals surface area contributed by atoms with Crippen LogP contribution in [0.15, 0.2) is 40.5 Å². The van der Waals surface area contributed by atoms with Crippen molar-refractivity contribution in [2.24, 2.45) is 0 Å². The molecule has 0 unspecified atom stereocenters. The Morgan fingerprint density at radius 1 is 1.30 bits per heavy atom. The van der Waals surface area contributed by atoms with Crippen molar-refractivity contribution in [3.05, 3.63) is 58.8 Å². The molecule has 0 fully saturated rings. The molecule has 0 saturated carbocycles. The van der Waals surface area contributed by atoms with Gasteiger partial charge in [-0.25, -0.2) is 9.18 Å². The molecular weight excluding hydrogens is 349 g/mol. The topological polar surface area (TPSA) is 74.6 Å². The van der Waals surface area contributed by atoms with Gasteiger partial charge in [0.15, 0.2) is 5.82 Å². The number of amides is 3. The first-order chi connectivity index (χ1) is 13.0. The van der Waals surface area contributed by atoms with E-state index < -0.39 is 5.82 Å². The van der Waals surface area contributed by atoms with Crippen LogP contribution < -0.4 is 10.6 Å². The summed E-state index contributed by atoms with van der Waals surface area (Å²) >= 11 is 0. The lowest BCUT2D eigenvalue weighted by molar-refractivity contribution is 0.0945. The number of furan rings is 1. The van der Waals surface area contributed by atoms with E-state index in [9.17, 15) is 14.0 Å². The predicted molar refractivity (Wildman–Crippen MR) is 98.9 cm³/mol. The maximum absolute atomic E-state index is 14.8. The summed E-state index contributed by atoms with van der Waals surface area (Å²) in [6, 6.07) is 6.31. The van der Waals surface area contributed by atoms with Gasteiger partial charge in [0, 0.05) is 29.8 Å². The number of anilines is 1. The van der Waals surface area contributed by atoms with Crippen LogP contribution in [0, 0.1) is 5.82 Å². The van der Waals surface area contributed by atoms with Gasteiger partial charge in [-0.3, -0.25) is 4.79 Å². The number of halogens is 1. The van der Waals surface area contributed by atoms with Crippen LogP contribution in [-0.2, 0) is 6.42 Å². The molecule has 2 aromatic rings. The zero-order chi connectivity index (χ0) is 19.0. The Morgan fingerprint density at radius 3 is 2.93 bits per heavy atom. The lowest BCUT2D eigenvalue weighted by Crippen LogP contribution is -2.39. The monoisotopic (exact) mass is 369 g/mol. The van der Waals surface area contributed by atoms with Crippen molar-refractivity contribution in [2.75, 3.05) is 25.0 Å². The summed E-state index contributed by atoms with van der Waals surface area (Å²) in [6.07, 6.45) is 2.74. The van der Waals surface area contributed by atoms with E-state index in [-0.39, 0.29) is 17.6 Å². The molecule has 0 saturated heterocycles. The number of hydrogen-bond donors (Lipinski definition) is 2. The molecule has 2 aliphatic rings. The van der Waals surface area contributed by atoms with Gasteiger partial charge < -0.3 is 20.0 Å². The smallest absolute Gasteiger partial charge is 0.322 e. The summed E-state index contributed by atoms with van der Waals surface area (Å²) in [5.41, 5.74) is 2.93. The average Bonchev–Trinajstić information content (AvgIpc) is 3.19. The normalized spacial score (nSPS) is 16.8. The van der Waals surface area contributed by atoms with Crippen LogP contribution in [0.4, 0.5) is 14.9 Å². The van der Waals surface area contributed by atoms with Gasteiger partial charge in [-0.2, -0.15) is 0 Å². The highest BCUT2D eigenvalue weighted by Gasteiger charge is 2.26. The molecule has 0 atom stereocenters. The Morgan fingerprint density at radius 2 is 2.15 bits per heavy atom. The molecule has 1 aromatic heterocycles. The van der Waals surface area contributed by atoms with Crippen LogP contribution in [0.5, 0.6) is 0 Å². The minimum atomic E-state index is -0.536. The quantitative estimate of drug-likeness (QED) is 0.852. The van der Waals surface area contributed by atoms with Crippen LogP contribution in [0.25, 0.3) is 5.57 Å². The maximum Gasteiger partial charge on any atom is 0.322 e. The molecule has 27 heavy (non-hydrogen) atoms. The molecule has 0 bridgehead atoms. The van der Waals surface area contributed by atoms with Crippen molar-refractivity contribution in [2.45, 2.75) is 19.8 Å². The van der Waals surface area contributed by atoms with Crippen LogP contribution in [0.1, 0.15) is 35.0 Å². The summed E-state index contributed by atoms with van der Waals surface area (Å²) < 4.78 is 20.2. The molecule has 140 valence electrons. The van der Waals surface area contributed by atoms with E-state index in [2.05, 4.69) is 10.6 Å². The largest absolute Gasteiger partial charge is 0.465 e. The van der Waals surface area contributed by atoms with Crippen molar-refractivity contribution in [3.63, 3.8) is 0 Å². The Hall–Kier alpha value is -3.09. The first-order valence-electron chi connectivity index (χ1n) is 8.92. The Labute approximate surface area is 156 Å². The van der Waals surface area contributed by atoms with Crippen LogP contribution >= 0.6 is 0 Å². The van der Waals surface area contributed by atoms with Gasteiger partial charge >= 0.3 is 6.03 Å². The second kappa shape index (κ2) is 6.90. The van der Waals surface area contributed by atoms with E-state index in [0.717, 1.165) is 17.8 Å². The highest BCUT2D eigenvalue weighted by atomic mass is 19.1. The van der Waals surface area contributed by atoms with Crippen LogP contribution in [0.3, 0.4) is 0 Å². The zero-order valence-electron chi connectivity index (χ0n) is 15.0. The Bertz CT molecular complexity index is 934. The van der Waals surface area contributed by atoms with Gasteiger partial charge in [0.25, 0.3) is 5.91 Å². The Kier molecular flexibility index (Phi) is 4.43. The van der Waals surface area contributed by atoms with Gasteiger partial charge in [-0.1, -0.05) is 5.57 Å². The van der Waals surface area contributed by atoms with E-state index in [1.54, 1.807) is 17.2 Å². The standard InChI is InChI=1S/C20H20FN3O3/c1-12-7-9-24(11-15(12)17-3-2-10-27-17)20(26)23-16-5-4-14-13(18(16)21)6-8-22-19(14)25/h2-5,10H,6-9,11H2,1H3,(H,22,25)(H,23,26). The van der Waals surface area contributed by atoms with Crippen LogP contribution in [-0.4, -0.2) is 36.5 Å². The number of nitrogens with one attached hydrogen (secondary N) is 2. The summed E-state index contributed by atoms with van der Waals surface area (Å²) in [5, 5.41) is 5.34. The molecule has 2 aliphatic heterocycles. The highest BCUT2D eigenvalue weighted by Crippen LogP contribution is 2.28. The van der Waals surface area contributed by atoms with E-state index in [1.165, 1.54) is 11.6 Å². The molecule has 7 heteroatoms. The summed E-state index contributed by atoms with van der Waals surface area (Å²) in [6.45, 7) is 3.38. The van der Waals surface area contributed by atoms with Crippen LogP contribution in [0.2, 0.25) is 0 Å². The molecule has 3 heterocycles. The summed E-state index contributed by atoms with van der Waals surface area (Å²) in [4.78, 5) is 26.1. The molecule has 6 nitrogen and oxygen atoms in total. The van der Waals surface area contributed by atoms with Gasteiger partial charge in [0.2, 0.25) is 0 Å². The predicted octanol–water partition coefficient (Wildman–Crippen LogP) is 3.42. The molecule has 2 N–H and O–H groups in total. The lowest BCUT2D eigenvalue weighted by Gasteiger charge is -2.29. The number of carbonyl (C=O) groups excluding carboxylic acids is 2. The van der Waals surface area contributed by atoms with E-state index >= 15 is 0 Å². The summed E-state index contributed by atoms with van der Waals surface area (Å²) in [7, 11) is 0. The van der Waals surface area contributed by atoms with Gasteiger partial charge in [-0.15, -0.1) is 0 Å². The van der Waals surface area contributed by atoms with Gasteiger partial charge in [0.1, 0.15) is 5.76 Å². The number of rotatable bonds is 2. The second-order valence-corrected chi connectivity index (χ2v) is 6.80. The molecule has 1 aromatic carbocycles. The molecule has 3 amide bonds. The lowest BCUT2D eigenvalue weighted by atomic mass is 9.98. The minimum Gasteiger partial charge on any atom is -0.465 e. The van der Waals surface area contributed by atoms with Gasteiger partial charge in [-0.05, 0) is 44.0 Å². The van der Waals surface area contributed by atoms with Crippen molar-refractivity contribution < 1.29 is 18.4 Å². The number of urea groups is 1. The SMILES string of the molecule is CC1=C(c2ccco2)CN(C(=O)Nc2ccc3c(c2F)CCNC3=O)CC1. The number of hydrogen-bond acceptors (Lipinski definition) is 3. The number of nitrogens with zero attached hydrogens (tertiary/aromatic N) is 1. The molecular formula is C20H20FN3O3. The third-order valence-corrected chi connectivity index (χ3v) is 5.12. The Balaban J connectivity index is 1.53. The summed E-state index contributed by atoms with van der Waals surface area (Å²) in [5.74, 6) is -0.0746. The number of fused-ring (bicyclic) bond motifs is 1. The average molecular weight is 369 g/mol. The first-order valence-corrected chi connectivity index (χ1v) is 8.92.